The van der Waals surface area contributed by atoms with Crippen LogP contribution < -0.4 is 16.4 Å². The zero-order valence-electron chi connectivity index (χ0n) is 11.8. The summed E-state index contributed by atoms with van der Waals surface area (Å²) >= 11 is 0. The monoisotopic (exact) mass is 293 g/mol. The molecule has 0 aliphatic carbocycles. The summed E-state index contributed by atoms with van der Waals surface area (Å²) in [5.41, 5.74) is 5.92. The second kappa shape index (κ2) is 7.88. The number of urea groups is 1. The van der Waals surface area contributed by atoms with Crippen molar-refractivity contribution in [2.24, 2.45) is 11.7 Å². The number of carbonyl (C=O) groups is 3. The second-order valence-electron chi connectivity index (χ2n) is 4.71. The first-order valence-corrected chi connectivity index (χ1v) is 6.57. The Morgan fingerprint density at radius 3 is 2.67 bits per heavy atom. The Morgan fingerprint density at radius 2 is 2.05 bits per heavy atom. The maximum absolute atomic E-state index is 11.6. The largest absolute Gasteiger partial charge is 0.481 e. The fraction of sp³-hybridized carbons (Fsp3) is 0.357. The Labute approximate surface area is 122 Å². The van der Waals surface area contributed by atoms with Crippen LogP contribution in [-0.2, 0) is 4.79 Å². The zero-order chi connectivity index (χ0) is 15.8. The van der Waals surface area contributed by atoms with Crippen molar-refractivity contribution in [3.05, 3.63) is 29.8 Å². The van der Waals surface area contributed by atoms with Crippen LogP contribution in [0.3, 0.4) is 0 Å². The van der Waals surface area contributed by atoms with Crippen LogP contribution in [0.4, 0.5) is 10.5 Å². The van der Waals surface area contributed by atoms with Gasteiger partial charge in [0.05, 0.1) is 5.92 Å². The number of nitrogens with two attached hydrogens (primary N) is 1. The lowest BCUT2D eigenvalue weighted by atomic mass is 10.1. The highest BCUT2D eigenvalue weighted by Gasteiger charge is 2.10. The topological polar surface area (TPSA) is 122 Å². The molecule has 114 valence electrons. The van der Waals surface area contributed by atoms with Gasteiger partial charge in [0.25, 0.3) is 0 Å². The Bertz CT molecular complexity index is 531. The van der Waals surface area contributed by atoms with Gasteiger partial charge < -0.3 is 21.5 Å². The number of hydrogen-bond acceptors (Lipinski definition) is 3. The minimum Gasteiger partial charge on any atom is -0.481 e. The van der Waals surface area contributed by atoms with Gasteiger partial charge in [0.1, 0.15) is 0 Å². The third kappa shape index (κ3) is 5.94. The summed E-state index contributed by atoms with van der Waals surface area (Å²) in [6.07, 6.45) is 1.06. The first-order valence-electron chi connectivity index (χ1n) is 6.57. The number of nitrogens with one attached hydrogen (secondary N) is 2. The second-order valence-corrected chi connectivity index (χ2v) is 4.71. The van der Waals surface area contributed by atoms with Gasteiger partial charge in [0.2, 0.25) is 5.91 Å². The molecule has 1 aromatic carbocycles. The number of benzene rings is 1. The van der Waals surface area contributed by atoms with Crippen molar-refractivity contribution in [3.8, 4) is 0 Å². The molecule has 7 nitrogen and oxygen atoms in total. The lowest BCUT2D eigenvalue weighted by Gasteiger charge is -2.09. The lowest BCUT2D eigenvalue weighted by molar-refractivity contribution is -0.141. The van der Waals surface area contributed by atoms with Crippen LogP contribution in [0.2, 0.25) is 0 Å². The Hall–Kier alpha value is -2.57. The van der Waals surface area contributed by atoms with Crippen molar-refractivity contribution < 1.29 is 19.5 Å². The third-order valence-electron chi connectivity index (χ3n) is 2.93. The van der Waals surface area contributed by atoms with Gasteiger partial charge >= 0.3 is 12.0 Å². The van der Waals surface area contributed by atoms with E-state index < -0.39 is 23.8 Å². The summed E-state index contributed by atoms with van der Waals surface area (Å²) < 4.78 is 0. The summed E-state index contributed by atoms with van der Waals surface area (Å²) in [7, 11) is 0. The van der Waals surface area contributed by atoms with Crippen molar-refractivity contribution >= 4 is 23.6 Å². The van der Waals surface area contributed by atoms with Crippen LogP contribution in [-0.4, -0.2) is 29.6 Å². The molecule has 0 heterocycles. The van der Waals surface area contributed by atoms with Crippen LogP contribution in [0.15, 0.2) is 24.3 Å². The van der Waals surface area contributed by atoms with Gasteiger partial charge in [-0.05, 0) is 31.0 Å². The van der Waals surface area contributed by atoms with Gasteiger partial charge in [-0.3, -0.25) is 9.59 Å². The molecule has 7 heteroatoms. The molecule has 3 amide bonds. The molecule has 1 aromatic rings. The smallest absolute Gasteiger partial charge is 0.319 e. The van der Waals surface area contributed by atoms with E-state index in [9.17, 15) is 14.4 Å². The average Bonchev–Trinajstić information content (AvgIpc) is 2.43. The van der Waals surface area contributed by atoms with Gasteiger partial charge in [-0.2, -0.15) is 0 Å². The Morgan fingerprint density at radius 1 is 1.33 bits per heavy atom. The highest BCUT2D eigenvalue weighted by atomic mass is 16.4. The molecular formula is C14H19N3O4. The van der Waals surface area contributed by atoms with E-state index in [1.807, 2.05) is 0 Å². The summed E-state index contributed by atoms with van der Waals surface area (Å²) in [4.78, 5) is 33.3. The molecule has 5 N–H and O–H groups in total. The molecule has 0 radical (unpaired) electrons. The van der Waals surface area contributed by atoms with E-state index in [0.29, 0.717) is 30.6 Å². The molecule has 0 aromatic heterocycles. The SMILES string of the molecule is CC(CCCNC(=O)Nc1cccc(C(N)=O)c1)C(=O)O. The minimum atomic E-state index is -0.845. The van der Waals surface area contributed by atoms with E-state index in [2.05, 4.69) is 10.6 Å². The van der Waals surface area contributed by atoms with Crippen molar-refractivity contribution in [2.75, 3.05) is 11.9 Å². The molecule has 21 heavy (non-hydrogen) atoms. The fourth-order valence-corrected chi connectivity index (χ4v) is 1.66. The number of hydrogen-bond donors (Lipinski definition) is 4. The van der Waals surface area contributed by atoms with Gasteiger partial charge in [0.15, 0.2) is 0 Å². The number of amides is 3. The maximum atomic E-state index is 11.6. The maximum Gasteiger partial charge on any atom is 0.319 e. The van der Waals surface area contributed by atoms with Crippen LogP contribution in [0.25, 0.3) is 0 Å². The Kier molecular flexibility index (Phi) is 6.19. The Balaban J connectivity index is 2.35. The average molecular weight is 293 g/mol. The number of rotatable bonds is 7. The zero-order valence-corrected chi connectivity index (χ0v) is 11.8. The van der Waals surface area contributed by atoms with Crippen molar-refractivity contribution in [2.45, 2.75) is 19.8 Å². The first kappa shape index (κ1) is 16.5. The summed E-state index contributed by atoms with van der Waals surface area (Å²) in [6, 6.07) is 5.87. The third-order valence-corrected chi connectivity index (χ3v) is 2.93. The molecule has 1 atom stereocenters. The molecule has 1 unspecified atom stereocenters. The quantitative estimate of drug-likeness (QED) is 0.568. The predicted molar refractivity (Wildman–Crippen MR) is 78.0 cm³/mol. The van der Waals surface area contributed by atoms with E-state index in [1.54, 1.807) is 25.1 Å². The molecule has 0 saturated heterocycles. The molecule has 0 bridgehead atoms. The molecule has 0 spiro atoms. The number of primary amides is 1. The normalized spacial score (nSPS) is 11.5. The fourth-order valence-electron chi connectivity index (χ4n) is 1.66. The van der Waals surface area contributed by atoms with Gasteiger partial charge in [0, 0.05) is 17.8 Å². The van der Waals surface area contributed by atoms with Crippen LogP contribution in [0.5, 0.6) is 0 Å². The molecular weight excluding hydrogens is 274 g/mol. The van der Waals surface area contributed by atoms with E-state index >= 15 is 0 Å². The van der Waals surface area contributed by atoms with E-state index in [0.717, 1.165) is 0 Å². The van der Waals surface area contributed by atoms with Gasteiger partial charge in [-0.25, -0.2) is 4.79 Å². The van der Waals surface area contributed by atoms with Crippen LogP contribution in [0.1, 0.15) is 30.1 Å². The van der Waals surface area contributed by atoms with Crippen LogP contribution >= 0.6 is 0 Å². The minimum absolute atomic E-state index is 0.308. The molecule has 0 aliphatic rings. The van der Waals surface area contributed by atoms with E-state index in [4.69, 9.17) is 10.8 Å². The van der Waals surface area contributed by atoms with Crippen molar-refractivity contribution in [1.29, 1.82) is 0 Å². The number of carboxylic acids is 1. The lowest BCUT2D eigenvalue weighted by Crippen LogP contribution is -2.30. The first-order chi connectivity index (χ1) is 9.90. The summed E-state index contributed by atoms with van der Waals surface area (Å²) in [5.74, 6) is -1.84. The molecule has 0 fully saturated rings. The number of carbonyl (C=O) groups excluding carboxylic acids is 2. The molecule has 0 saturated carbocycles. The van der Waals surface area contributed by atoms with Crippen molar-refractivity contribution in [3.63, 3.8) is 0 Å². The number of anilines is 1. The number of aliphatic carboxylic acids is 1. The predicted octanol–water partition coefficient (Wildman–Crippen LogP) is 1.41. The highest BCUT2D eigenvalue weighted by Crippen LogP contribution is 2.10. The van der Waals surface area contributed by atoms with Gasteiger partial charge in [-0.1, -0.05) is 13.0 Å². The van der Waals surface area contributed by atoms with Crippen LogP contribution in [0, 0.1) is 5.92 Å². The van der Waals surface area contributed by atoms with Gasteiger partial charge in [-0.15, -0.1) is 0 Å². The number of carboxylic acid groups (broad SMARTS) is 1. The van der Waals surface area contributed by atoms with E-state index in [1.165, 1.54) is 6.07 Å². The highest BCUT2D eigenvalue weighted by molar-refractivity contribution is 5.95. The standard InChI is InChI=1S/C14H19N3O4/c1-9(13(19)20)4-3-7-16-14(21)17-11-6-2-5-10(8-11)12(15)18/h2,5-6,8-9H,3-4,7H2,1H3,(H2,15,18)(H,19,20)(H2,16,17,21). The molecule has 1 rings (SSSR count). The van der Waals surface area contributed by atoms with Crippen molar-refractivity contribution in [1.82, 2.24) is 5.32 Å². The van der Waals surface area contributed by atoms with E-state index in [-0.39, 0.29) is 0 Å². The molecule has 0 aliphatic heterocycles. The summed E-state index contributed by atoms with van der Waals surface area (Å²) in [5, 5.41) is 13.9. The summed E-state index contributed by atoms with van der Waals surface area (Å²) in [6.45, 7) is 2.00.